The summed E-state index contributed by atoms with van der Waals surface area (Å²) in [6, 6.07) is 1.41. The second-order valence-electron chi connectivity index (χ2n) is 2.82. The molecule has 0 aliphatic rings. The summed E-state index contributed by atoms with van der Waals surface area (Å²) in [7, 11) is 0. The molecular weight excluding hydrogens is 214 g/mol. The van der Waals surface area contributed by atoms with Gasteiger partial charge in [0.2, 0.25) is 0 Å². The molecule has 1 N–H and O–H groups in total. The second-order valence-corrected chi connectivity index (χ2v) is 3.71. The summed E-state index contributed by atoms with van der Waals surface area (Å²) in [5, 5.41) is 14.1. The maximum Gasteiger partial charge on any atom is 0.347 e. The van der Waals surface area contributed by atoms with Crippen molar-refractivity contribution in [2.75, 3.05) is 11.9 Å². The van der Waals surface area contributed by atoms with Gasteiger partial charge in [-0.1, -0.05) is 11.3 Å². The van der Waals surface area contributed by atoms with Crippen LogP contribution in [0.2, 0.25) is 0 Å². The van der Waals surface area contributed by atoms with E-state index in [9.17, 15) is 18.9 Å². The van der Waals surface area contributed by atoms with Crippen molar-refractivity contribution in [3.8, 4) is 0 Å². The number of hydrogen-bond acceptors (Lipinski definition) is 4. The van der Waals surface area contributed by atoms with Crippen LogP contribution in [0.1, 0.15) is 6.92 Å². The lowest BCUT2D eigenvalue weighted by Gasteiger charge is -2.10. The van der Waals surface area contributed by atoms with Crippen LogP contribution in [0, 0.1) is 10.1 Å². The summed E-state index contributed by atoms with van der Waals surface area (Å²) in [5.74, 6) is -2.88. The van der Waals surface area contributed by atoms with Crippen molar-refractivity contribution >= 4 is 22.0 Å². The van der Waals surface area contributed by atoms with Gasteiger partial charge in [-0.05, 0) is 11.4 Å². The summed E-state index contributed by atoms with van der Waals surface area (Å²) < 4.78 is 24.8. The van der Waals surface area contributed by atoms with Gasteiger partial charge in [0.05, 0.1) is 11.5 Å². The summed E-state index contributed by atoms with van der Waals surface area (Å²) in [6.45, 7) is 0.142. The first-order chi connectivity index (χ1) is 6.40. The van der Waals surface area contributed by atoms with E-state index in [-0.39, 0.29) is 10.7 Å². The Hall–Kier alpha value is -1.24. The van der Waals surface area contributed by atoms with Crippen LogP contribution in [0.5, 0.6) is 0 Å². The molecule has 7 heteroatoms. The van der Waals surface area contributed by atoms with Crippen LogP contribution in [0.15, 0.2) is 11.4 Å². The van der Waals surface area contributed by atoms with Crippen LogP contribution in [-0.4, -0.2) is 17.4 Å². The van der Waals surface area contributed by atoms with Crippen LogP contribution >= 0.6 is 11.3 Å². The van der Waals surface area contributed by atoms with E-state index in [1.54, 1.807) is 0 Å². The van der Waals surface area contributed by atoms with Gasteiger partial charge in [0.15, 0.2) is 0 Å². The average Bonchev–Trinajstić information content (AvgIpc) is 2.46. The molecule has 4 nitrogen and oxygen atoms in total. The predicted octanol–water partition coefficient (Wildman–Crippen LogP) is 2.72. The maximum absolute atomic E-state index is 12.4. The van der Waals surface area contributed by atoms with Crippen LogP contribution in [-0.2, 0) is 0 Å². The van der Waals surface area contributed by atoms with Gasteiger partial charge in [0.1, 0.15) is 5.69 Å². The number of hydrogen-bond donors (Lipinski definition) is 1. The third kappa shape index (κ3) is 2.91. The molecule has 0 saturated heterocycles. The number of rotatable bonds is 4. The molecule has 0 radical (unpaired) electrons. The van der Waals surface area contributed by atoms with Gasteiger partial charge in [-0.3, -0.25) is 10.1 Å². The molecular formula is C7H8F2N2O2S. The lowest BCUT2D eigenvalue weighted by atomic mass is 10.3. The normalized spacial score (nSPS) is 11.4. The van der Waals surface area contributed by atoms with Crippen LogP contribution in [0.25, 0.3) is 0 Å². The van der Waals surface area contributed by atoms with E-state index >= 15 is 0 Å². The Morgan fingerprint density at radius 3 is 2.86 bits per heavy atom. The summed E-state index contributed by atoms with van der Waals surface area (Å²) in [4.78, 5) is 9.80. The molecule has 1 rings (SSSR count). The Balaban J connectivity index is 2.68. The Morgan fingerprint density at radius 2 is 2.36 bits per heavy atom. The van der Waals surface area contributed by atoms with Crippen molar-refractivity contribution in [1.29, 1.82) is 0 Å². The quantitative estimate of drug-likeness (QED) is 0.629. The lowest BCUT2D eigenvalue weighted by molar-refractivity contribution is -0.379. The number of nitro groups is 1. The Labute approximate surface area is 82.7 Å². The number of nitrogens with zero attached hydrogens (tertiary/aromatic N) is 1. The number of halogens is 2. The van der Waals surface area contributed by atoms with Gasteiger partial charge in [-0.25, -0.2) is 8.78 Å². The molecule has 0 saturated carbocycles. The zero-order valence-electron chi connectivity index (χ0n) is 7.29. The second kappa shape index (κ2) is 3.87. The minimum Gasteiger partial charge on any atom is -0.373 e. The van der Waals surface area contributed by atoms with Crippen molar-refractivity contribution in [2.24, 2.45) is 0 Å². The van der Waals surface area contributed by atoms with E-state index in [4.69, 9.17) is 0 Å². The molecule has 1 aromatic heterocycles. The van der Waals surface area contributed by atoms with Crippen molar-refractivity contribution < 1.29 is 13.7 Å². The van der Waals surface area contributed by atoms with Crippen LogP contribution in [0.4, 0.5) is 19.5 Å². The van der Waals surface area contributed by atoms with Crippen molar-refractivity contribution in [3.63, 3.8) is 0 Å². The average molecular weight is 222 g/mol. The minimum atomic E-state index is -2.88. The molecule has 14 heavy (non-hydrogen) atoms. The van der Waals surface area contributed by atoms with Gasteiger partial charge < -0.3 is 5.32 Å². The topological polar surface area (TPSA) is 55.2 Å². The molecule has 0 spiro atoms. The maximum atomic E-state index is 12.4. The minimum absolute atomic E-state index is 0.140. The SMILES string of the molecule is CC(F)(F)CNc1ccsc1[N+](=O)[O-]. The molecule has 1 aromatic rings. The molecule has 0 amide bonds. The molecule has 0 aromatic carbocycles. The molecule has 0 bridgehead atoms. The van der Waals surface area contributed by atoms with Gasteiger partial charge >= 0.3 is 5.00 Å². The number of nitrogens with one attached hydrogen (secondary N) is 1. The summed E-state index contributed by atoms with van der Waals surface area (Å²) >= 11 is 0.902. The first kappa shape index (κ1) is 10.8. The van der Waals surface area contributed by atoms with E-state index in [0.29, 0.717) is 0 Å². The summed E-state index contributed by atoms with van der Waals surface area (Å²) in [5.41, 5.74) is 0.140. The highest BCUT2D eigenvalue weighted by Crippen LogP contribution is 2.31. The molecule has 1 heterocycles. The first-order valence-electron chi connectivity index (χ1n) is 3.74. The third-order valence-electron chi connectivity index (χ3n) is 1.40. The Morgan fingerprint density at radius 1 is 1.71 bits per heavy atom. The number of alkyl halides is 2. The monoisotopic (exact) mass is 222 g/mol. The molecule has 0 fully saturated rings. The van der Waals surface area contributed by atoms with Crippen molar-refractivity contribution in [1.82, 2.24) is 0 Å². The van der Waals surface area contributed by atoms with E-state index in [2.05, 4.69) is 5.32 Å². The summed E-state index contributed by atoms with van der Waals surface area (Å²) in [6.07, 6.45) is 0. The van der Waals surface area contributed by atoms with E-state index in [1.807, 2.05) is 0 Å². The van der Waals surface area contributed by atoms with Crippen LogP contribution in [0.3, 0.4) is 0 Å². The van der Waals surface area contributed by atoms with Gasteiger partial charge in [0.25, 0.3) is 5.92 Å². The smallest absolute Gasteiger partial charge is 0.347 e. The van der Waals surface area contributed by atoms with E-state index < -0.39 is 17.4 Å². The predicted molar refractivity (Wildman–Crippen MR) is 50.1 cm³/mol. The van der Waals surface area contributed by atoms with Gasteiger partial charge in [0, 0.05) is 6.92 Å². The molecule has 0 aliphatic carbocycles. The fourth-order valence-corrected chi connectivity index (χ4v) is 1.51. The zero-order valence-corrected chi connectivity index (χ0v) is 8.11. The third-order valence-corrected chi connectivity index (χ3v) is 2.26. The van der Waals surface area contributed by atoms with Gasteiger partial charge in [-0.2, -0.15) is 0 Å². The fraction of sp³-hybridized carbons (Fsp3) is 0.429. The Kier molecular flexibility index (Phi) is 3.00. The van der Waals surface area contributed by atoms with Crippen LogP contribution < -0.4 is 5.32 Å². The highest BCUT2D eigenvalue weighted by Gasteiger charge is 2.23. The zero-order chi connectivity index (χ0) is 10.8. The highest BCUT2D eigenvalue weighted by molar-refractivity contribution is 7.14. The number of thiophene rings is 1. The first-order valence-corrected chi connectivity index (χ1v) is 4.62. The largest absolute Gasteiger partial charge is 0.373 e. The fourth-order valence-electron chi connectivity index (χ4n) is 0.828. The van der Waals surface area contributed by atoms with Crippen molar-refractivity contribution in [3.05, 3.63) is 21.6 Å². The highest BCUT2D eigenvalue weighted by atomic mass is 32.1. The van der Waals surface area contributed by atoms with Gasteiger partial charge in [-0.15, -0.1) is 0 Å². The van der Waals surface area contributed by atoms with E-state index in [1.165, 1.54) is 11.4 Å². The number of anilines is 1. The molecule has 78 valence electrons. The molecule has 0 aliphatic heterocycles. The van der Waals surface area contributed by atoms with E-state index in [0.717, 1.165) is 18.3 Å². The standard InChI is InChI=1S/C7H8F2N2O2S/c1-7(8,9)4-10-5-2-3-14-6(5)11(12)13/h2-3,10H,4H2,1H3. The van der Waals surface area contributed by atoms with Crippen molar-refractivity contribution in [2.45, 2.75) is 12.8 Å². The molecule has 0 atom stereocenters. The molecule has 0 unspecified atom stereocenters. The lowest BCUT2D eigenvalue weighted by Crippen LogP contribution is -2.22. The Bertz CT molecular complexity index is 335.